The number of hydrogen-bond acceptors (Lipinski definition) is 5. The first-order chi connectivity index (χ1) is 15.0. The highest BCUT2D eigenvalue weighted by atomic mass is 32.2. The average molecular weight is 434 g/mol. The van der Waals surface area contributed by atoms with Crippen LogP contribution in [-0.4, -0.2) is 28.2 Å². The topological polar surface area (TPSA) is 61.2 Å². The molecule has 1 aromatic heterocycles. The van der Waals surface area contributed by atoms with E-state index in [0.29, 0.717) is 27.5 Å². The van der Waals surface area contributed by atoms with E-state index in [1.807, 2.05) is 37.3 Å². The number of ketones is 1. The van der Waals surface area contributed by atoms with E-state index in [0.717, 1.165) is 23.4 Å². The average Bonchev–Trinajstić information content (AvgIpc) is 2.78. The van der Waals surface area contributed by atoms with Crippen LogP contribution < -0.4 is 10.3 Å². The van der Waals surface area contributed by atoms with Gasteiger partial charge in [0.15, 0.2) is 10.9 Å². The second-order valence-electron chi connectivity index (χ2n) is 6.94. The first-order valence-corrected chi connectivity index (χ1v) is 10.5. The van der Waals surface area contributed by atoms with Crippen molar-refractivity contribution in [2.24, 2.45) is 0 Å². The number of carbonyl (C=O) groups excluding carboxylic acids is 1. The molecule has 1 heterocycles. The normalized spacial score (nSPS) is 10.9. The maximum absolute atomic E-state index is 13.7. The summed E-state index contributed by atoms with van der Waals surface area (Å²) in [7, 11) is 1.43. The zero-order chi connectivity index (χ0) is 22.0. The van der Waals surface area contributed by atoms with Crippen LogP contribution in [0.4, 0.5) is 4.39 Å². The molecule has 5 nitrogen and oxygen atoms in total. The molecule has 31 heavy (non-hydrogen) atoms. The largest absolute Gasteiger partial charge is 0.496 e. The van der Waals surface area contributed by atoms with Gasteiger partial charge in [-0.25, -0.2) is 9.37 Å². The summed E-state index contributed by atoms with van der Waals surface area (Å²) in [6.45, 7) is 1.96. The van der Waals surface area contributed by atoms with Crippen molar-refractivity contribution in [1.29, 1.82) is 0 Å². The minimum Gasteiger partial charge on any atom is -0.496 e. The number of methoxy groups -OCH3 is 1. The van der Waals surface area contributed by atoms with Crippen LogP contribution in [0.25, 0.3) is 16.6 Å². The Kier molecular flexibility index (Phi) is 5.86. The monoisotopic (exact) mass is 434 g/mol. The number of para-hydroxylation sites is 1. The van der Waals surface area contributed by atoms with Crippen molar-refractivity contribution in [3.05, 3.63) is 94.0 Å². The lowest BCUT2D eigenvalue weighted by Gasteiger charge is -2.13. The summed E-state index contributed by atoms with van der Waals surface area (Å²) in [5.74, 6) is -0.570. The Bertz CT molecular complexity index is 1330. The second-order valence-corrected chi connectivity index (χ2v) is 7.89. The molecule has 0 amide bonds. The Morgan fingerprint density at radius 1 is 1.10 bits per heavy atom. The van der Waals surface area contributed by atoms with E-state index in [-0.39, 0.29) is 22.7 Å². The van der Waals surface area contributed by atoms with Crippen molar-refractivity contribution in [2.45, 2.75) is 12.1 Å². The fraction of sp³-hybridized carbons (Fsp3) is 0.125. The highest BCUT2D eigenvalue weighted by molar-refractivity contribution is 7.99. The highest BCUT2D eigenvalue weighted by Gasteiger charge is 2.18. The van der Waals surface area contributed by atoms with E-state index < -0.39 is 5.82 Å². The molecule has 0 fully saturated rings. The molecule has 0 atom stereocenters. The van der Waals surface area contributed by atoms with Gasteiger partial charge in [0.1, 0.15) is 11.6 Å². The van der Waals surface area contributed by atoms with Crippen molar-refractivity contribution < 1.29 is 13.9 Å². The number of benzene rings is 3. The lowest BCUT2D eigenvalue weighted by atomic mass is 10.1. The van der Waals surface area contributed by atoms with Gasteiger partial charge in [-0.05, 0) is 49.4 Å². The Morgan fingerprint density at radius 3 is 2.58 bits per heavy atom. The molecule has 0 aliphatic carbocycles. The molecule has 4 aromatic rings. The molecule has 0 N–H and O–H groups in total. The van der Waals surface area contributed by atoms with Gasteiger partial charge in [0, 0.05) is 0 Å². The zero-order valence-electron chi connectivity index (χ0n) is 17.0. The molecule has 0 saturated carbocycles. The maximum atomic E-state index is 13.7. The van der Waals surface area contributed by atoms with E-state index in [9.17, 15) is 14.0 Å². The maximum Gasteiger partial charge on any atom is 0.266 e. The highest BCUT2D eigenvalue weighted by Crippen LogP contribution is 2.25. The van der Waals surface area contributed by atoms with Crippen LogP contribution in [0, 0.1) is 12.7 Å². The number of aryl methyl sites for hydroxylation is 1. The third kappa shape index (κ3) is 4.22. The van der Waals surface area contributed by atoms with Gasteiger partial charge in [0.05, 0.1) is 35.0 Å². The number of aromatic nitrogens is 2. The predicted octanol–water partition coefficient (Wildman–Crippen LogP) is 4.82. The van der Waals surface area contributed by atoms with Crippen LogP contribution in [0.2, 0.25) is 0 Å². The van der Waals surface area contributed by atoms with E-state index >= 15 is 0 Å². The molecule has 0 unspecified atom stereocenters. The first-order valence-electron chi connectivity index (χ1n) is 9.56. The molecule has 7 heteroatoms. The summed E-state index contributed by atoms with van der Waals surface area (Å²) in [6.07, 6.45) is 0. The van der Waals surface area contributed by atoms with Gasteiger partial charge in [0.25, 0.3) is 5.56 Å². The SMILES string of the molecule is COc1ccc(F)cc1C(=O)CSc1nc2ccccc2c(=O)n1-c1ccc(C)cc1. The lowest BCUT2D eigenvalue weighted by Crippen LogP contribution is -2.22. The molecule has 0 saturated heterocycles. The molecule has 3 aromatic carbocycles. The summed E-state index contributed by atoms with van der Waals surface area (Å²) >= 11 is 1.13. The summed E-state index contributed by atoms with van der Waals surface area (Å²) in [6, 6.07) is 18.4. The molecule has 0 spiro atoms. The molecule has 0 aliphatic rings. The zero-order valence-corrected chi connectivity index (χ0v) is 17.8. The molecule has 0 bridgehead atoms. The quantitative estimate of drug-likeness (QED) is 0.247. The van der Waals surface area contributed by atoms with Crippen LogP contribution in [0.3, 0.4) is 0 Å². The van der Waals surface area contributed by atoms with Crippen LogP contribution in [-0.2, 0) is 0 Å². The summed E-state index contributed by atoms with van der Waals surface area (Å²) in [5.41, 5.74) is 2.21. The number of hydrogen-bond donors (Lipinski definition) is 0. The van der Waals surface area contributed by atoms with Gasteiger partial charge < -0.3 is 4.74 Å². The molecular formula is C24H19FN2O3S. The third-order valence-electron chi connectivity index (χ3n) is 4.83. The van der Waals surface area contributed by atoms with Crippen molar-refractivity contribution in [3.63, 3.8) is 0 Å². The molecular weight excluding hydrogens is 415 g/mol. The number of nitrogens with zero attached hydrogens (tertiary/aromatic N) is 2. The minimum atomic E-state index is -0.519. The van der Waals surface area contributed by atoms with Gasteiger partial charge in [-0.2, -0.15) is 0 Å². The summed E-state index contributed by atoms with van der Waals surface area (Å²) in [5, 5.41) is 0.877. The van der Waals surface area contributed by atoms with E-state index in [1.165, 1.54) is 23.8 Å². The van der Waals surface area contributed by atoms with Crippen molar-refractivity contribution in [2.75, 3.05) is 12.9 Å². The van der Waals surface area contributed by atoms with Gasteiger partial charge >= 0.3 is 0 Å². The number of Topliss-reactive ketones (excluding diaryl/α,β-unsaturated/α-hetero) is 1. The van der Waals surface area contributed by atoms with Crippen molar-refractivity contribution >= 4 is 28.4 Å². The van der Waals surface area contributed by atoms with Gasteiger partial charge in [-0.3, -0.25) is 14.2 Å². The van der Waals surface area contributed by atoms with Crippen LogP contribution >= 0.6 is 11.8 Å². The number of thioether (sulfide) groups is 1. The van der Waals surface area contributed by atoms with Crippen LogP contribution in [0.15, 0.2) is 76.7 Å². The molecule has 0 radical (unpaired) electrons. The lowest BCUT2D eigenvalue weighted by molar-refractivity contribution is 0.101. The minimum absolute atomic E-state index is 0.0313. The van der Waals surface area contributed by atoms with E-state index in [2.05, 4.69) is 4.98 Å². The molecule has 0 aliphatic heterocycles. The Balaban J connectivity index is 1.76. The fourth-order valence-electron chi connectivity index (χ4n) is 3.24. The van der Waals surface area contributed by atoms with Gasteiger partial charge in [0.2, 0.25) is 0 Å². The number of carbonyl (C=O) groups is 1. The number of ether oxygens (including phenoxy) is 1. The summed E-state index contributed by atoms with van der Waals surface area (Å²) in [4.78, 5) is 30.7. The van der Waals surface area contributed by atoms with E-state index in [4.69, 9.17) is 4.74 Å². The third-order valence-corrected chi connectivity index (χ3v) is 5.77. The van der Waals surface area contributed by atoms with E-state index in [1.54, 1.807) is 18.2 Å². The van der Waals surface area contributed by atoms with Crippen LogP contribution in [0.1, 0.15) is 15.9 Å². The van der Waals surface area contributed by atoms with Gasteiger partial charge in [-0.15, -0.1) is 0 Å². The molecule has 4 rings (SSSR count). The predicted molar refractivity (Wildman–Crippen MR) is 120 cm³/mol. The fourth-order valence-corrected chi connectivity index (χ4v) is 4.13. The number of rotatable bonds is 6. The smallest absolute Gasteiger partial charge is 0.266 e. The number of fused-ring (bicyclic) bond motifs is 1. The Labute approximate surface area is 182 Å². The van der Waals surface area contributed by atoms with Gasteiger partial charge in [-0.1, -0.05) is 41.6 Å². The Hall–Kier alpha value is -3.45. The Morgan fingerprint density at radius 2 is 1.84 bits per heavy atom. The second kappa shape index (κ2) is 8.73. The summed E-state index contributed by atoms with van der Waals surface area (Å²) < 4.78 is 20.4. The van der Waals surface area contributed by atoms with Crippen molar-refractivity contribution in [1.82, 2.24) is 9.55 Å². The van der Waals surface area contributed by atoms with Crippen molar-refractivity contribution in [3.8, 4) is 11.4 Å². The first kappa shape index (κ1) is 20.8. The number of halogens is 1. The standard InChI is InChI=1S/C24H19FN2O3S/c1-15-7-10-17(11-8-15)27-23(29)18-5-3-4-6-20(18)26-24(27)31-14-21(28)19-13-16(25)9-12-22(19)30-2/h3-13H,14H2,1-2H3. The molecule has 156 valence electrons. The van der Waals surface area contributed by atoms with Crippen LogP contribution in [0.5, 0.6) is 5.75 Å².